The first kappa shape index (κ1) is 14.6. The lowest BCUT2D eigenvalue weighted by Gasteiger charge is -1.99. The summed E-state index contributed by atoms with van der Waals surface area (Å²) < 4.78 is 11.4. The average Bonchev–Trinajstić information content (AvgIpc) is 2.69. The molecule has 1 aromatic heterocycles. The number of aryl methyl sites for hydroxylation is 1. The average molecular weight is 230 g/mol. The van der Waals surface area contributed by atoms with Gasteiger partial charge in [-0.15, -0.1) is 0 Å². The van der Waals surface area contributed by atoms with E-state index in [0.717, 1.165) is 0 Å². The quantitative estimate of drug-likeness (QED) is 0.722. The predicted octanol–water partition coefficient (Wildman–Crippen LogP) is 0.544. The smallest absolute Gasteiger partial charge is 0.305 e. The highest BCUT2D eigenvalue weighted by atomic mass is 16.5. The van der Waals surface area contributed by atoms with Gasteiger partial charge in [0.25, 0.3) is 0 Å². The summed E-state index contributed by atoms with van der Waals surface area (Å²) in [4.78, 5) is 13.7. The zero-order valence-corrected chi connectivity index (χ0v) is 9.63. The molecule has 0 saturated heterocycles. The molecule has 92 valence electrons. The van der Waals surface area contributed by atoms with Crippen molar-refractivity contribution in [3.05, 3.63) is 18.7 Å². The number of carboxylic acid groups (broad SMARTS) is 1. The molecule has 6 heteroatoms. The van der Waals surface area contributed by atoms with E-state index in [2.05, 4.69) is 9.72 Å². The van der Waals surface area contributed by atoms with E-state index in [1.807, 2.05) is 17.8 Å². The minimum atomic E-state index is -0.836. The van der Waals surface area contributed by atoms with Gasteiger partial charge in [-0.1, -0.05) is 0 Å². The molecule has 0 saturated carbocycles. The van der Waals surface area contributed by atoms with E-state index in [4.69, 9.17) is 9.84 Å². The van der Waals surface area contributed by atoms with Gasteiger partial charge in [-0.25, -0.2) is 4.98 Å². The first-order chi connectivity index (χ1) is 7.66. The second kappa shape index (κ2) is 10.1. The van der Waals surface area contributed by atoms with Crippen LogP contribution in [0.2, 0.25) is 0 Å². The Morgan fingerprint density at radius 3 is 2.56 bits per heavy atom. The summed E-state index contributed by atoms with van der Waals surface area (Å²) in [6, 6.07) is 0. The number of imidazole rings is 1. The van der Waals surface area contributed by atoms with Gasteiger partial charge >= 0.3 is 5.97 Å². The molecule has 0 aromatic carbocycles. The molecule has 0 aliphatic carbocycles. The maximum absolute atomic E-state index is 9.92. The number of aromatic nitrogens is 2. The largest absolute Gasteiger partial charge is 0.481 e. The van der Waals surface area contributed by atoms with Crippen molar-refractivity contribution in [1.29, 1.82) is 0 Å². The van der Waals surface area contributed by atoms with Crippen molar-refractivity contribution in [2.24, 2.45) is 7.05 Å². The van der Waals surface area contributed by atoms with Gasteiger partial charge in [0.05, 0.1) is 32.6 Å². The number of methoxy groups -OCH3 is 1. The van der Waals surface area contributed by atoms with E-state index in [0.29, 0.717) is 13.2 Å². The lowest BCUT2D eigenvalue weighted by atomic mass is 10.5. The van der Waals surface area contributed by atoms with Gasteiger partial charge in [-0.05, 0) is 0 Å². The van der Waals surface area contributed by atoms with E-state index < -0.39 is 5.97 Å². The predicted molar refractivity (Wildman–Crippen MR) is 58.2 cm³/mol. The Morgan fingerprint density at radius 1 is 1.44 bits per heavy atom. The first-order valence-electron chi connectivity index (χ1n) is 4.87. The number of hydrogen-bond acceptors (Lipinski definition) is 4. The zero-order chi connectivity index (χ0) is 12.2. The van der Waals surface area contributed by atoms with Gasteiger partial charge in [0, 0.05) is 26.6 Å². The summed E-state index contributed by atoms with van der Waals surface area (Å²) >= 11 is 0. The fourth-order valence-corrected chi connectivity index (χ4v) is 0.730. The highest BCUT2D eigenvalue weighted by Gasteiger charge is 1.94. The second-order valence-electron chi connectivity index (χ2n) is 2.98. The van der Waals surface area contributed by atoms with Gasteiger partial charge in [-0.3, -0.25) is 4.79 Å². The third kappa shape index (κ3) is 10.7. The monoisotopic (exact) mass is 230 g/mol. The second-order valence-corrected chi connectivity index (χ2v) is 2.98. The molecule has 1 rings (SSSR count). The first-order valence-corrected chi connectivity index (χ1v) is 4.87. The van der Waals surface area contributed by atoms with Crippen LogP contribution < -0.4 is 0 Å². The molecular weight excluding hydrogens is 212 g/mol. The van der Waals surface area contributed by atoms with Crippen LogP contribution in [0.5, 0.6) is 0 Å². The van der Waals surface area contributed by atoms with Gasteiger partial charge < -0.3 is 19.1 Å². The molecular formula is C10H18N2O4. The summed E-state index contributed by atoms with van der Waals surface area (Å²) in [5, 5.41) is 8.16. The van der Waals surface area contributed by atoms with Crippen molar-refractivity contribution in [1.82, 2.24) is 9.55 Å². The van der Waals surface area contributed by atoms with E-state index in [-0.39, 0.29) is 13.0 Å². The summed E-state index contributed by atoms with van der Waals surface area (Å²) in [7, 11) is 3.51. The summed E-state index contributed by atoms with van der Waals surface area (Å²) in [6.45, 7) is 1.24. The minimum absolute atomic E-state index is 0.0592. The van der Waals surface area contributed by atoms with Crippen molar-refractivity contribution in [2.75, 3.05) is 26.9 Å². The molecule has 0 fully saturated rings. The lowest BCUT2D eigenvalue weighted by Crippen LogP contribution is -2.06. The Balaban J connectivity index is 0.000000315. The maximum atomic E-state index is 9.92. The molecule has 0 radical (unpaired) electrons. The Kier molecular flexibility index (Phi) is 9.24. The molecule has 0 atom stereocenters. The Bertz CT molecular complexity index is 262. The van der Waals surface area contributed by atoms with E-state index in [1.165, 1.54) is 0 Å². The van der Waals surface area contributed by atoms with Crippen LogP contribution in [0.4, 0.5) is 0 Å². The van der Waals surface area contributed by atoms with E-state index in [1.54, 1.807) is 19.6 Å². The molecule has 1 heterocycles. The lowest BCUT2D eigenvalue weighted by molar-refractivity contribution is -0.138. The van der Waals surface area contributed by atoms with Crippen molar-refractivity contribution in [2.45, 2.75) is 6.42 Å². The molecule has 1 N–H and O–H groups in total. The number of rotatable bonds is 6. The van der Waals surface area contributed by atoms with Crippen LogP contribution in [-0.4, -0.2) is 47.6 Å². The number of ether oxygens (including phenoxy) is 2. The van der Waals surface area contributed by atoms with Crippen LogP contribution in [0.1, 0.15) is 6.42 Å². The molecule has 0 amide bonds. The topological polar surface area (TPSA) is 73.6 Å². The van der Waals surface area contributed by atoms with Gasteiger partial charge in [-0.2, -0.15) is 0 Å². The van der Waals surface area contributed by atoms with Crippen LogP contribution in [0.25, 0.3) is 0 Å². The van der Waals surface area contributed by atoms with Crippen LogP contribution in [0, 0.1) is 0 Å². The fourth-order valence-electron chi connectivity index (χ4n) is 0.730. The third-order valence-corrected chi connectivity index (χ3v) is 1.53. The third-order valence-electron chi connectivity index (χ3n) is 1.53. The van der Waals surface area contributed by atoms with Crippen LogP contribution in [0.3, 0.4) is 0 Å². The molecule has 1 aromatic rings. The SMILES string of the molecule is COCCOCCC(=O)O.Cn1ccnc1. The highest BCUT2D eigenvalue weighted by Crippen LogP contribution is 1.82. The molecule has 0 bridgehead atoms. The van der Waals surface area contributed by atoms with Crippen molar-refractivity contribution >= 4 is 5.97 Å². The van der Waals surface area contributed by atoms with Crippen LogP contribution >= 0.6 is 0 Å². The Labute approximate surface area is 94.8 Å². The fraction of sp³-hybridized carbons (Fsp3) is 0.600. The number of carboxylic acids is 1. The molecule has 16 heavy (non-hydrogen) atoms. The molecule has 0 spiro atoms. The Hall–Kier alpha value is -1.40. The minimum Gasteiger partial charge on any atom is -0.481 e. The van der Waals surface area contributed by atoms with Crippen molar-refractivity contribution in [3.8, 4) is 0 Å². The van der Waals surface area contributed by atoms with E-state index in [9.17, 15) is 4.79 Å². The van der Waals surface area contributed by atoms with Gasteiger partial charge in [0.15, 0.2) is 0 Å². The summed E-state index contributed by atoms with van der Waals surface area (Å²) in [5.74, 6) is -0.836. The van der Waals surface area contributed by atoms with Gasteiger partial charge in [0.2, 0.25) is 0 Å². The highest BCUT2D eigenvalue weighted by molar-refractivity contribution is 5.66. The summed E-state index contributed by atoms with van der Waals surface area (Å²) in [5.41, 5.74) is 0. The number of nitrogens with zero attached hydrogens (tertiary/aromatic N) is 2. The Morgan fingerprint density at radius 2 is 2.19 bits per heavy atom. The van der Waals surface area contributed by atoms with Gasteiger partial charge in [0.1, 0.15) is 0 Å². The van der Waals surface area contributed by atoms with Crippen LogP contribution in [0.15, 0.2) is 18.7 Å². The molecule has 6 nitrogen and oxygen atoms in total. The number of carbonyl (C=O) groups is 1. The van der Waals surface area contributed by atoms with Crippen molar-refractivity contribution < 1.29 is 19.4 Å². The number of hydrogen-bond donors (Lipinski definition) is 1. The molecule has 0 aliphatic rings. The normalized spacial score (nSPS) is 9.38. The van der Waals surface area contributed by atoms with Crippen LogP contribution in [-0.2, 0) is 21.3 Å². The molecule has 0 unspecified atom stereocenters. The zero-order valence-electron chi connectivity index (χ0n) is 9.63. The maximum Gasteiger partial charge on any atom is 0.305 e. The number of aliphatic carboxylic acids is 1. The summed E-state index contributed by atoms with van der Waals surface area (Å²) in [6.07, 6.45) is 5.45. The molecule has 0 aliphatic heterocycles. The standard InChI is InChI=1S/C6H12O4.C4H6N2/c1-9-4-5-10-3-2-6(7)8;1-6-3-2-5-4-6/h2-5H2,1H3,(H,7,8);2-4H,1H3. The van der Waals surface area contributed by atoms with E-state index >= 15 is 0 Å². The van der Waals surface area contributed by atoms with Crippen molar-refractivity contribution in [3.63, 3.8) is 0 Å².